The average Bonchev–Trinajstić information content (AvgIpc) is 3.02. The van der Waals surface area contributed by atoms with Crippen LogP contribution in [0.5, 0.6) is 5.75 Å². The molecule has 0 amide bonds. The highest BCUT2D eigenvalue weighted by molar-refractivity contribution is 6.03. The van der Waals surface area contributed by atoms with Crippen molar-refractivity contribution in [3.05, 3.63) is 71.2 Å². The number of rotatable bonds is 4. The number of hydrogen-bond donors (Lipinski definition) is 0. The van der Waals surface area contributed by atoms with Gasteiger partial charge >= 0.3 is 0 Å². The van der Waals surface area contributed by atoms with E-state index in [1.54, 1.807) is 19.2 Å². The minimum absolute atomic E-state index is 0.0893. The van der Waals surface area contributed by atoms with Crippen LogP contribution in [-0.4, -0.2) is 22.7 Å². The Labute approximate surface area is 151 Å². The Morgan fingerprint density at radius 3 is 2.69 bits per heavy atom. The van der Waals surface area contributed by atoms with Crippen LogP contribution in [0.1, 0.15) is 34.5 Å². The highest BCUT2D eigenvalue weighted by atomic mass is 19.1. The van der Waals surface area contributed by atoms with Gasteiger partial charge in [-0.05, 0) is 42.7 Å². The molecule has 0 N–H and O–H groups in total. The molecule has 0 saturated heterocycles. The third-order valence-corrected chi connectivity index (χ3v) is 4.74. The van der Waals surface area contributed by atoms with Crippen LogP contribution in [0.15, 0.2) is 48.5 Å². The van der Waals surface area contributed by atoms with E-state index in [4.69, 9.17) is 4.74 Å². The van der Waals surface area contributed by atoms with Crippen molar-refractivity contribution in [2.45, 2.75) is 25.8 Å². The van der Waals surface area contributed by atoms with Crippen LogP contribution in [-0.2, 0) is 13.0 Å². The number of fused-ring (bicyclic) bond motifs is 1. The lowest BCUT2D eigenvalue weighted by atomic mass is 9.92. The van der Waals surface area contributed by atoms with Gasteiger partial charge in [-0.2, -0.15) is 5.10 Å². The number of halogens is 1. The molecule has 0 saturated carbocycles. The molecule has 0 aliphatic heterocycles. The van der Waals surface area contributed by atoms with Crippen LogP contribution >= 0.6 is 0 Å². The second-order valence-electron chi connectivity index (χ2n) is 6.46. The van der Waals surface area contributed by atoms with E-state index in [-0.39, 0.29) is 11.6 Å². The van der Waals surface area contributed by atoms with Gasteiger partial charge in [0.1, 0.15) is 17.3 Å². The third kappa shape index (κ3) is 3.01. The Morgan fingerprint density at radius 2 is 1.96 bits per heavy atom. The fraction of sp³-hybridized carbons (Fsp3) is 0.238. The number of carbonyl (C=O) groups excluding carboxylic acids is 1. The predicted molar refractivity (Wildman–Crippen MR) is 97.0 cm³/mol. The van der Waals surface area contributed by atoms with Crippen LogP contribution in [0.4, 0.5) is 4.39 Å². The van der Waals surface area contributed by atoms with Crippen LogP contribution in [0.3, 0.4) is 0 Å². The first-order valence-corrected chi connectivity index (χ1v) is 8.67. The molecule has 26 heavy (non-hydrogen) atoms. The highest BCUT2D eigenvalue weighted by Crippen LogP contribution is 2.32. The topological polar surface area (TPSA) is 44.1 Å². The van der Waals surface area contributed by atoms with Crippen molar-refractivity contribution in [2.75, 3.05) is 7.11 Å². The first-order valence-electron chi connectivity index (χ1n) is 8.67. The van der Waals surface area contributed by atoms with E-state index < -0.39 is 0 Å². The van der Waals surface area contributed by atoms with E-state index in [0.29, 0.717) is 29.8 Å². The number of benzene rings is 2. The van der Waals surface area contributed by atoms with Gasteiger partial charge < -0.3 is 4.74 Å². The van der Waals surface area contributed by atoms with E-state index in [2.05, 4.69) is 5.10 Å². The SMILES string of the molecule is COc1ccc(Cn2nc(-c3cccc(F)c3)c3c2CCCC3=O)cc1. The van der Waals surface area contributed by atoms with E-state index in [1.807, 2.05) is 28.9 Å². The van der Waals surface area contributed by atoms with Gasteiger partial charge in [0, 0.05) is 12.0 Å². The summed E-state index contributed by atoms with van der Waals surface area (Å²) in [7, 11) is 1.63. The number of Topliss-reactive ketones (excluding diaryl/α,β-unsaturated/α-hetero) is 1. The quantitative estimate of drug-likeness (QED) is 0.706. The van der Waals surface area contributed by atoms with Gasteiger partial charge in [-0.3, -0.25) is 9.48 Å². The molecule has 1 heterocycles. The van der Waals surface area contributed by atoms with Crippen LogP contribution in [0.2, 0.25) is 0 Å². The van der Waals surface area contributed by atoms with Gasteiger partial charge in [-0.15, -0.1) is 0 Å². The summed E-state index contributed by atoms with van der Waals surface area (Å²) in [5.41, 5.74) is 3.88. The minimum atomic E-state index is -0.329. The number of ether oxygens (including phenoxy) is 1. The lowest BCUT2D eigenvalue weighted by molar-refractivity contribution is 0.0972. The standard InChI is InChI=1S/C21H19FN2O2/c1-26-17-10-8-14(9-11-17)13-24-18-6-3-7-19(25)20(18)21(23-24)15-4-2-5-16(22)12-15/h2,4-5,8-12H,3,6-7,13H2,1H3. The Bertz CT molecular complexity index is 961. The molecule has 0 radical (unpaired) electrons. The van der Waals surface area contributed by atoms with E-state index in [0.717, 1.165) is 29.8 Å². The molecule has 4 nitrogen and oxygen atoms in total. The van der Waals surface area contributed by atoms with Gasteiger partial charge in [0.2, 0.25) is 0 Å². The molecule has 5 heteroatoms. The molecule has 2 aromatic carbocycles. The van der Waals surface area contributed by atoms with Crippen molar-refractivity contribution < 1.29 is 13.9 Å². The van der Waals surface area contributed by atoms with Gasteiger partial charge in [0.15, 0.2) is 5.78 Å². The smallest absolute Gasteiger partial charge is 0.166 e. The predicted octanol–water partition coefficient (Wildman–Crippen LogP) is 4.27. The number of methoxy groups -OCH3 is 1. The fourth-order valence-corrected chi connectivity index (χ4v) is 3.46. The molecule has 132 valence electrons. The lowest BCUT2D eigenvalue weighted by Crippen LogP contribution is -2.14. The number of hydrogen-bond acceptors (Lipinski definition) is 3. The molecular weight excluding hydrogens is 331 g/mol. The monoisotopic (exact) mass is 350 g/mol. The zero-order chi connectivity index (χ0) is 18.1. The normalized spacial score (nSPS) is 13.5. The van der Waals surface area contributed by atoms with E-state index in [9.17, 15) is 9.18 Å². The molecule has 1 aliphatic carbocycles. The first kappa shape index (κ1) is 16.5. The van der Waals surface area contributed by atoms with Crippen molar-refractivity contribution in [2.24, 2.45) is 0 Å². The molecule has 4 rings (SSSR count). The summed E-state index contributed by atoms with van der Waals surface area (Å²) < 4.78 is 20.8. The van der Waals surface area contributed by atoms with Gasteiger partial charge in [0.25, 0.3) is 0 Å². The minimum Gasteiger partial charge on any atom is -0.497 e. The molecule has 0 atom stereocenters. The second-order valence-corrected chi connectivity index (χ2v) is 6.46. The van der Waals surface area contributed by atoms with E-state index >= 15 is 0 Å². The van der Waals surface area contributed by atoms with Crippen LogP contribution < -0.4 is 4.74 Å². The van der Waals surface area contributed by atoms with Crippen molar-refractivity contribution in [1.29, 1.82) is 0 Å². The molecular formula is C21H19FN2O2. The summed E-state index contributed by atoms with van der Waals surface area (Å²) in [5, 5.41) is 4.69. The summed E-state index contributed by atoms with van der Waals surface area (Å²) in [6.07, 6.45) is 2.14. The summed E-state index contributed by atoms with van der Waals surface area (Å²) >= 11 is 0. The summed E-state index contributed by atoms with van der Waals surface area (Å²) in [5.74, 6) is 0.558. The Kier molecular flexibility index (Phi) is 4.29. The van der Waals surface area contributed by atoms with Crippen molar-refractivity contribution >= 4 is 5.78 Å². The number of nitrogens with zero attached hydrogens (tertiary/aromatic N) is 2. The van der Waals surface area contributed by atoms with Gasteiger partial charge in [-0.25, -0.2) is 4.39 Å². The lowest BCUT2D eigenvalue weighted by Gasteiger charge is -2.13. The molecule has 0 bridgehead atoms. The second kappa shape index (κ2) is 6.75. The Morgan fingerprint density at radius 1 is 1.15 bits per heavy atom. The maximum Gasteiger partial charge on any atom is 0.166 e. The third-order valence-electron chi connectivity index (χ3n) is 4.74. The van der Waals surface area contributed by atoms with Crippen LogP contribution in [0.25, 0.3) is 11.3 Å². The van der Waals surface area contributed by atoms with Crippen molar-refractivity contribution in [3.8, 4) is 17.0 Å². The highest BCUT2D eigenvalue weighted by Gasteiger charge is 2.27. The van der Waals surface area contributed by atoms with Crippen LogP contribution in [0, 0.1) is 5.82 Å². The maximum atomic E-state index is 13.7. The van der Waals surface area contributed by atoms with E-state index in [1.165, 1.54) is 12.1 Å². The molecule has 1 aliphatic rings. The van der Waals surface area contributed by atoms with Crippen molar-refractivity contribution in [1.82, 2.24) is 9.78 Å². The fourth-order valence-electron chi connectivity index (χ4n) is 3.46. The number of carbonyl (C=O) groups is 1. The average molecular weight is 350 g/mol. The number of aromatic nitrogens is 2. The molecule has 1 aromatic heterocycles. The Hall–Kier alpha value is -2.95. The van der Waals surface area contributed by atoms with Gasteiger partial charge in [0.05, 0.1) is 24.9 Å². The Balaban J connectivity index is 1.77. The number of ketones is 1. The largest absolute Gasteiger partial charge is 0.497 e. The summed E-state index contributed by atoms with van der Waals surface area (Å²) in [4.78, 5) is 12.6. The van der Waals surface area contributed by atoms with Crippen molar-refractivity contribution in [3.63, 3.8) is 0 Å². The maximum absolute atomic E-state index is 13.7. The zero-order valence-corrected chi connectivity index (χ0v) is 14.5. The molecule has 3 aromatic rings. The molecule has 0 fully saturated rings. The molecule has 0 spiro atoms. The zero-order valence-electron chi connectivity index (χ0n) is 14.5. The molecule has 0 unspecified atom stereocenters. The summed E-state index contributed by atoms with van der Waals surface area (Å²) in [6.45, 7) is 0.564. The van der Waals surface area contributed by atoms with Gasteiger partial charge in [-0.1, -0.05) is 24.3 Å². The first-order chi connectivity index (χ1) is 12.7. The summed E-state index contributed by atoms with van der Waals surface area (Å²) in [6, 6.07) is 14.1.